The first-order valence-corrected chi connectivity index (χ1v) is 9.69. The largest absolute Gasteiger partial charge is 0.356 e. The number of fused-ring (bicyclic) bond motifs is 1. The number of rotatable bonds is 8. The Labute approximate surface area is 165 Å². The third-order valence-electron chi connectivity index (χ3n) is 4.47. The van der Waals surface area contributed by atoms with E-state index < -0.39 is 0 Å². The summed E-state index contributed by atoms with van der Waals surface area (Å²) < 4.78 is 0. The molecule has 0 aliphatic heterocycles. The first-order valence-electron chi connectivity index (χ1n) is 9.69. The topological polar surface area (TPSA) is 71.1 Å². The maximum atomic E-state index is 12.8. The second kappa shape index (κ2) is 9.65. The molecule has 3 aromatic rings. The maximum Gasteiger partial charge on any atom is 0.252 e. The Hall–Kier alpha value is -3.21. The third-order valence-corrected chi connectivity index (χ3v) is 4.47. The molecule has 0 atom stereocenters. The van der Waals surface area contributed by atoms with Gasteiger partial charge in [0.1, 0.15) is 0 Å². The van der Waals surface area contributed by atoms with E-state index in [4.69, 9.17) is 4.98 Å². The van der Waals surface area contributed by atoms with Crippen molar-refractivity contribution >= 4 is 22.7 Å². The number of nitrogens with one attached hydrogen (secondary N) is 2. The smallest absolute Gasteiger partial charge is 0.252 e. The van der Waals surface area contributed by atoms with Crippen LogP contribution >= 0.6 is 0 Å². The van der Waals surface area contributed by atoms with Crippen molar-refractivity contribution in [2.45, 2.75) is 26.2 Å². The van der Waals surface area contributed by atoms with E-state index >= 15 is 0 Å². The van der Waals surface area contributed by atoms with Crippen LogP contribution in [0.4, 0.5) is 0 Å². The maximum absolute atomic E-state index is 12.8. The minimum atomic E-state index is -0.129. The van der Waals surface area contributed by atoms with Crippen LogP contribution in [0.25, 0.3) is 22.2 Å². The summed E-state index contributed by atoms with van der Waals surface area (Å²) in [5.41, 5.74) is 3.15. The zero-order chi connectivity index (χ0) is 19.8. The predicted molar refractivity (Wildman–Crippen MR) is 112 cm³/mol. The average Bonchev–Trinajstić information content (AvgIpc) is 2.73. The van der Waals surface area contributed by atoms with Gasteiger partial charge < -0.3 is 10.6 Å². The lowest BCUT2D eigenvalue weighted by atomic mass is 10.0. The molecule has 1 aromatic heterocycles. The molecule has 5 nitrogen and oxygen atoms in total. The van der Waals surface area contributed by atoms with E-state index in [2.05, 4.69) is 10.6 Å². The Bertz CT molecular complexity index is 954. The Morgan fingerprint density at radius 1 is 0.929 bits per heavy atom. The van der Waals surface area contributed by atoms with Crippen LogP contribution < -0.4 is 10.6 Å². The van der Waals surface area contributed by atoms with Crippen LogP contribution in [-0.4, -0.2) is 29.9 Å². The van der Waals surface area contributed by atoms with Crippen LogP contribution in [0.5, 0.6) is 0 Å². The van der Waals surface area contributed by atoms with E-state index in [9.17, 15) is 9.59 Å². The van der Waals surface area contributed by atoms with Gasteiger partial charge in [0.15, 0.2) is 0 Å². The molecular weight excluding hydrogens is 350 g/mol. The summed E-state index contributed by atoms with van der Waals surface area (Å²) in [4.78, 5) is 29.0. The van der Waals surface area contributed by atoms with Gasteiger partial charge >= 0.3 is 0 Å². The first-order chi connectivity index (χ1) is 13.7. The minimum Gasteiger partial charge on any atom is -0.356 e. The fourth-order valence-electron chi connectivity index (χ4n) is 3.05. The molecule has 0 unspecified atom stereocenters. The van der Waals surface area contributed by atoms with E-state index in [1.165, 1.54) is 0 Å². The number of para-hydroxylation sites is 1. The average molecular weight is 375 g/mol. The van der Waals surface area contributed by atoms with Crippen LogP contribution in [0.1, 0.15) is 36.5 Å². The monoisotopic (exact) mass is 375 g/mol. The Balaban J connectivity index is 1.72. The van der Waals surface area contributed by atoms with Crippen molar-refractivity contribution < 1.29 is 9.59 Å². The Morgan fingerprint density at radius 3 is 2.43 bits per heavy atom. The molecule has 144 valence electrons. The highest BCUT2D eigenvalue weighted by Crippen LogP contribution is 2.24. The summed E-state index contributed by atoms with van der Waals surface area (Å²) in [5.74, 6) is -0.0721. The molecule has 28 heavy (non-hydrogen) atoms. The molecule has 0 spiro atoms. The lowest BCUT2D eigenvalue weighted by molar-refractivity contribution is -0.121. The van der Waals surface area contributed by atoms with Gasteiger partial charge in [-0.2, -0.15) is 0 Å². The number of pyridine rings is 1. The number of hydrogen-bond donors (Lipinski definition) is 2. The standard InChI is InChI=1S/C23H25N3O2/c1-2-9-22(27)24-14-8-15-25-23(28)19-16-21(17-10-4-3-5-11-17)26-20-13-7-6-12-18(19)20/h3-7,10-13,16H,2,8-9,14-15H2,1H3,(H,24,27)(H,25,28). The number of amides is 2. The van der Waals surface area contributed by atoms with Crippen LogP contribution in [0.15, 0.2) is 60.7 Å². The number of benzene rings is 2. The third kappa shape index (κ3) is 4.94. The van der Waals surface area contributed by atoms with Crippen molar-refractivity contribution in [1.82, 2.24) is 15.6 Å². The van der Waals surface area contributed by atoms with E-state index in [0.29, 0.717) is 31.5 Å². The number of hydrogen-bond acceptors (Lipinski definition) is 3. The fourth-order valence-corrected chi connectivity index (χ4v) is 3.05. The molecule has 0 bridgehead atoms. The molecule has 0 aliphatic carbocycles. The second-order valence-corrected chi connectivity index (χ2v) is 6.65. The molecule has 0 aliphatic rings. The lowest BCUT2D eigenvalue weighted by Gasteiger charge is -2.11. The van der Waals surface area contributed by atoms with Crippen molar-refractivity contribution in [3.8, 4) is 11.3 Å². The van der Waals surface area contributed by atoms with Gasteiger partial charge in [-0.3, -0.25) is 9.59 Å². The highest BCUT2D eigenvalue weighted by atomic mass is 16.2. The van der Waals surface area contributed by atoms with Crippen molar-refractivity contribution in [2.24, 2.45) is 0 Å². The van der Waals surface area contributed by atoms with Crippen LogP contribution in [0, 0.1) is 0 Å². The van der Waals surface area contributed by atoms with Gasteiger partial charge in [0.2, 0.25) is 5.91 Å². The molecule has 2 N–H and O–H groups in total. The highest BCUT2D eigenvalue weighted by Gasteiger charge is 2.13. The Morgan fingerprint density at radius 2 is 1.64 bits per heavy atom. The SMILES string of the molecule is CCCC(=O)NCCCNC(=O)c1cc(-c2ccccc2)nc2ccccc12. The van der Waals surface area contributed by atoms with Gasteiger partial charge in [-0.15, -0.1) is 0 Å². The number of nitrogens with zero attached hydrogens (tertiary/aromatic N) is 1. The van der Waals surface area contributed by atoms with Gasteiger partial charge in [0.05, 0.1) is 16.8 Å². The van der Waals surface area contributed by atoms with Gasteiger partial charge in [-0.05, 0) is 25.0 Å². The molecule has 0 saturated carbocycles. The normalized spacial score (nSPS) is 10.6. The van der Waals surface area contributed by atoms with Gasteiger partial charge in [0.25, 0.3) is 5.91 Å². The molecule has 3 rings (SSSR count). The predicted octanol–water partition coefficient (Wildman–Crippen LogP) is 3.94. The highest BCUT2D eigenvalue weighted by molar-refractivity contribution is 6.07. The molecule has 1 heterocycles. The van der Waals surface area contributed by atoms with Crippen LogP contribution in [-0.2, 0) is 4.79 Å². The molecule has 0 saturated heterocycles. The second-order valence-electron chi connectivity index (χ2n) is 6.65. The summed E-state index contributed by atoms with van der Waals surface area (Å²) in [7, 11) is 0. The number of carbonyl (C=O) groups is 2. The van der Waals surface area contributed by atoms with E-state index in [-0.39, 0.29) is 11.8 Å². The van der Waals surface area contributed by atoms with Gasteiger partial charge in [0, 0.05) is 30.5 Å². The van der Waals surface area contributed by atoms with Gasteiger partial charge in [-0.25, -0.2) is 4.98 Å². The summed E-state index contributed by atoms with van der Waals surface area (Å²) in [6.07, 6.45) is 2.06. The lowest BCUT2D eigenvalue weighted by Crippen LogP contribution is -2.29. The summed E-state index contributed by atoms with van der Waals surface area (Å²) >= 11 is 0. The van der Waals surface area contributed by atoms with E-state index in [1.54, 1.807) is 0 Å². The van der Waals surface area contributed by atoms with E-state index in [1.807, 2.05) is 67.6 Å². The Kier molecular flexibility index (Phi) is 6.73. The zero-order valence-electron chi connectivity index (χ0n) is 16.1. The minimum absolute atomic E-state index is 0.0569. The van der Waals surface area contributed by atoms with Crippen LogP contribution in [0.3, 0.4) is 0 Å². The summed E-state index contributed by atoms with van der Waals surface area (Å²) in [5, 5.41) is 6.64. The number of aromatic nitrogens is 1. The fraction of sp³-hybridized carbons (Fsp3) is 0.261. The zero-order valence-corrected chi connectivity index (χ0v) is 16.1. The molecule has 0 fully saturated rings. The molecule has 5 heteroatoms. The molecule has 2 amide bonds. The number of carbonyl (C=O) groups excluding carboxylic acids is 2. The first kappa shape index (κ1) is 19.5. The van der Waals surface area contributed by atoms with Crippen molar-refractivity contribution in [3.63, 3.8) is 0 Å². The molecular formula is C23H25N3O2. The molecule has 0 radical (unpaired) electrons. The van der Waals surface area contributed by atoms with Crippen molar-refractivity contribution in [3.05, 3.63) is 66.2 Å². The van der Waals surface area contributed by atoms with Crippen LogP contribution in [0.2, 0.25) is 0 Å². The summed E-state index contributed by atoms with van der Waals surface area (Å²) in [6, 6.07) is 19.3. The summed E-state index contributed by atoms with van der Waals surface area (Å²) in [6.45, 7) is 3.04. The van der Waals surface area contributed by atoms with E-state index in [0.717, 1.165) is 28.6 Å². The quantitative estimate of drug-likeness (QED) is 0.586. The molecule has 2 aromatic carbocycles. The van der Waals surface area contributed by atoms with Crippen molar-refractivity contribution in [1.29, 1.82) is 0 Å². The van der Waals surface area contributed by atoms with Gasteiger partial charge in [-0.1, -0.05) is 55.5 Å². The van der Waals surface area contributed by atoms with Crippen molar-refractivity contribution in [2.75, 3.05) is 13.1 Å².